The van der Waals surface area contributed by atoms with Crippen LogP contribution < -0.4 is 0 Å². The second-order valence-electron chi connectivity index (χ2n) is 5.80. The van der Waals surface area contributed by atoms with Crippen LogP contribution in [0.1, 0.15) is 53.9 Å². The van der Waals surface area contributed by atoms with Gasteiger partial charge in [-0.15, -0.1) is 0 Å². The van der Waals surface area contributed by atoms with Gasteiger partial charge in [-0.05, 0) is 31.6 Å². The minimum absolute atomic E-state index is 0.304. The smallest absolute Gasteiger partial charge is 0.0797 e. The maximum Gasteiger partial charge on any atom is 0.0797 e. The number of hydrogen-bond acceptors (Lipinski definition) is 1. The molecule has 0 saturated carbocycles. The van der Waals surface area contributed by atoms with Gasteiger partial charge in [-0.25, -0.2) is 0 Å². The highest BCUT2D eigenvalue weighted by Gasteiger charge is 2.13. The molecule has 0 aliphatic rings. The van der Waals surface area contributed by atoms with Crippen molar-refractivity contribution in [2.45, 2.75) is 59.5 Å². The summed E-state index contributed by atoms with van der Waals surface area (Å²) in [5.41, 5.74) is 0.867. The fraction of sp³-hybridized carbons (Fsp3) is 0.714. The molecule has 1 unspecified atom stereocenters. The highest BCUT2D eigenvalue weighted by molar-refractivity contribution is 5.07. The quantitative estimate of drug-likeness (QED) is 0.678. The van der Waals surface area contributed by atoms with E-state index < -0.39 is 5.60 Å². The Morgan fingerprint density at radius 1 is 1.27 bits per heavy atom. The van der Waals surface area contributed by atoms with Gasteiger partial charge in [0.05, 0.1) is 5.60 Å². The van der Waals surface area contributed by atoms with Crippen LogP contribution >= 0.6 is 0 Å². The summed E-state index contributed by atoms with van der Waals surface area (Å²) in [4.78, 5) is 0. The van der Waals surface area contributed by atoms with Crippen molar-refractivity contribution < 1.29 is 5.11 Å². The molecule has 1 atom stereocenters. The Balaban J connectivity index is 4.02. The zero-order chi connectivity index (χ0) is 12.1. The van der Waals surface area contributed by atoms with Crippen LogP contribution in [0.15, 0.2) is 24.3 Å². The monoisotopic (exact) mass is 210 g/mol. The molecule has 0 aliphatic heterocycles. The van der Waals surface area contributed by atoms with Gasteiger partial charge in [0.25, 0.3) is 0 Å². The summed E-state index contributed by atoms with van der Waals surface area (Å²) in [6.45, 7) is 14.5. The maximum absolute atomic E-state index is 9.75. The molecule has 0 bridgehead atoms. The highest BCUT2D eigenvalue weighted by Crippen LogP contribution is 2.25. The fourth-order valence-corrected chi connectivity index (χ4v) is 1.42. The lowest BCUT2D eigenvalue weighted by Crippen LogP contribution is -2.18. The Bertz CT molecular complexity index is 228. The van der Waals surface area contributed by atoms with Gasteiger partial charge < -0.3 is 5.11 Å². The predicted octanol–water partition coefficient (Wildman–Crippen LogP) is 4.09. The molecule has 0 aliphatic carbocycles. The number of hydrogen-bond donors (Lipinski definition) is 1. The van der Waals surface area contributed by atoms with E-state index in [9.17, 15) is 5.11 Å². The molecule has 0 heterocycles. The van der Waals surface area contributed by atoms with Crippen molar-refractivity contribution in [2.75, 3.05) is 0 Å². The lowest BCUT2D eigenvalue weighted by Gasteiger charge is -2.19. The topological polar surface area (TPSA) is 20.2 Å². The van der Waals surface area contributed by atoms with Crippen LogP contribution in [-0.2, 0) is 0 Å². The Hall–Kier alpha value is -0.560. The lowest BCUT2D eigenvalue weighted by molar-refractivity contribution is 0.107. The summed E-state index contributed by atoms with van der Waals surface area (Å²) < 4.78 is 0. The average molecular weight is 210 g/mol. The van der Waals surface area contributed by atoms with E-state index in [1.807, 2.05) is 26.0 Å². The first-order chi connectivity index (χ1) is 6.66. The third-order valence-electron chi connectivity index (χ3n) is 2.38. The molecule has 0 radical (unpaired) electrons. The third kappa shape index (κ3) is 8.44. The molecular formula is C14H26O. The molecule has 1 nitrogen and oxygen atoms in total. The summed E-state index contributed by atoms with van der Waals surface area (Å²) in [6.07, 6.45) is 6.55. The normalized spacial score (nSPS) is 16.7. The van der Waals surface area contributed by atoms with Gasteiger partial charge in [0, 0.05) is 0 Å². The van der Waals surface area contributed by atoms with E-state index >= 15 is 0 Å². The van der Waals surface area contributed by atoms with Gasteiger partial charge in [0.15, 0.2) is 0 Å². The second kappa shape index (κ2) is 5.50. The molecule has 0 aromatic carbocycles. The SMILES string of the molecule is C=C(CC=CC(C)(O)CC)CC(C)(C)C. The van der Waals surface area contributed by atoms with Crippen LogP contribution in [0.4, 0.5) is 0 Å². The van der Waals surface area contributed by atoms with Crippen molar-refractivity contribution in [3.8, 4) is 0 Å². The van der Waals surface area contributed by atoms with E-state index in [1.54, 1.807) is 0 Å². The van der Waals surface area contributed by atoms with E-state index in [1.165, 1.54) is 5.57 Å². The van der Waals surface area contributed by atoms with Gasteiger partial charge in [-0.3, -0.25) is 0 Å². The molecule has 0 spiro atoms. The molecule has 0 amide bonds. The van der Waals surface area contributed by atoms with Crippen molar-refractivity contribution >= 4 is 0 Å². The first-order valence-corrected chi connectivity index (χ1v) is 5.73. The van der Waals surface area contributed by atoms with Gasteiger partial charge in [0.1, 0.15) is 0 Å². The summed E-state index contributed by atoms with van der Waals surface area (Å²) >= 11 is 0. The van der Waals surface area contributed by atoms with Gasteiger partial charge in [-0.1, -0.05) is 52.0 Å². The summed E-state index contributed by atoms with van der Waals surface area (Å²) in [7, 11) is 0. The average Bonchev–Trinajstić information content (AvgIpc) is 2.00. The summed E-state index contributed by atoms with van der Waals surface area (Å²) in [5, 5.41) is 9.75. The minimum atomic E-state index is -0.665. The van der Waals surface area contributed by atoms with E-state index in [-0.39, 0.29) is 0 Å². The maximum atomic E-state index is 9.75. The standard InChI is InChI=1S/C14H26O/c1-7-14(6,15)10-8-9-12(2)11-13(3,4)5/h8,10,15H,2,7,9,11H2,1,3-6H3. The molecule has 0 aromatic heterocycles. The van der Waals surface area contributed by atoms with Crippen molar-refractivity contribution in [3.63, 3.8) is 0 Å². The van der Waals surface area contributed by atoms with E-state index in [4.69, 9.17) is 0 Å². The molecule has 1 heteroatoms. The van der Waals surface area contributed by atoms with Crippen molar-refractivity contribution in [1.82, 2.24) is 0 Å². The van der Waals surface area contributed by atoms with Gasteiger partial charge in [0.2, 0.25) is 0 Å². The zero-order valence-corrected chi connectivity index (χ0v) is 10.9. The van der Waals surface area contributed by atoms with Crippen LogP contribution in [0.2, 0.25) is 0 Å². The number of aliphatic hydroxyl groups is 1. The molecular weight excluding hydrogens is 184 g/mol. The third-order valence-corrected chi connectivity index (χ3v) is 2.38. The summed E-state index contributed by atoms with van der Waals surface area (Å²) in [5.74, 6) is 0. The Kier molecular flexibility index (Phi) is 5.30. The molecule has 0 aromatic rings. The minimum Gasteiger partial charge on any atom is -0.386 e. The van der Waals surface area contributed by atoms with Crippen molar-refractivity contribution in [2.24, 2.45) is 5.41 Å². The van der Waals surface area contributed by atoms with Crippen LogP contribution in [0.25, 0.3) is 0 Å². The van der Waals surface area contributed by atoms with Crippen LogP contribution in [0.3, 0.4) is 0 Å². The zero-order valence-electron chi connectivity index (χ0n) is 10.9. The van der Waals surface area contributed by atoms with E-state index in [2.05, 4.69) is 27.4 Å². The Labute approximate surface area is 94.9 Å². The molecule has 0 rings (SSSR count). The Morgan fingerprint density at radius 3 is 2.20 bits per heavy atom. The molecule has 1 N–H and O–H groups in total. The van der Waals surface area contributed by atoms with Crippen LogP contribution in [0, 0.1) is 5.41 Å². The fourth-order valence-electron chi connectivity index (χ4n) is 1.42. The predicted molar refractivity (Wildman–Crippen MR) is 67.9 cm³/mol. The van der Waals surface area contributed by atoms with Gasteiger partial charge in [-0.2, -0.15) is 0 Å². The highest BCUT2D eigenvalue weighted by atomic mass is 16.3. The van der Waals surface area contributed by atoms with Gasteiger partial charge >= 0.3 is 0 Å². The molecule has 15 heavy (non-hydrogen) atoms. The first kappa shape index (κ1) is 14.4. The van der Waals surface area contributed by atoms with Crippen LogP contribution in [0.5, 0.6) is 0 Å². The number of rotatable bonds is 5. The number of allylic oxidation sites excluding steroid dienone is 2. The van der Waals surface area contributed by atoms with Crippen LogP contribution in [-0.4, -0.2) is 10.7 Å². The first-order valence-electron chi connectivity index (χ1n) is 5.73. The van der Waals surface area contributed by atoms with E-state index in [0.29, 0.717) is 5.41 Å². The van der Waals surface area contributed by atoms with Crippen molar-refractivity contribution in [3.05, 3.63) is 24.3 Å². The summed E-state index contributed by atoms with van der Waals surface area (Å²) in [6, 6.07) is 0. The Morgan fingerprint density at radius 2 is 1.80 bits per heavy atom. The molecule has 0 saturated heterocycles. The molecule has 0 fully saturated rings. The lowest BCUT2D eigenvalue weighted by atomic mass is 9.87. The second-order valence-corrected chi connectivity index (χ2v) is 5.80. The largest absolute Gasteiger partial charge is 0.386 e. The van der Waals surface area contributed by atoms with E-state index in [0.717, 1.165) is 19.3 Å². The molecule has 88 valence electrons. The van der Waals surface area contributed by atoms with Crippen molar-refractivity contribution in [1.29, 1.82) is 0 Å².